The molecule has 0 radical (unpaired) electrons. The summed E-state index contributed by atoms with van der Waals surface area (Å²) in [5.41, 5.74) is 0.762. The molecule has 1 aliphatic rings. The minimum Gasteiger partial charge on any atom is -0.427 e. The molecule has 2 atom stereocenters. The van der Waals surface area contributed by atoms with Gasteiger partial charge in [-0.25, -0.2) is 0 Å². The Morgan fingerprint density at radius 3 is 2.18 bits per heavy atom. The zero-order valence-corrected chi connectivity index (χ0v) is 13.0. The van der Waals surface area contributed by atoms with Crippen LogP contribution >= 0.6 is 0 Å². The molecule has 6 heteroatoms. The first kappa shape index (κ1) is 16.3. The number of anilines is 1. The molecule has 0 spiro atoms. The normalized spacial score (nSPS) is 18.9. The van der Waals surface area contributed by atoms with Gasteiger partial charge in [0, 0.05) is 44.3 Å². The highest BCUT2D eigenvalue weighted by Gasteiger charge is 2.29. The van der Waals surface area contributed by atoms with Crippen LogP contribution in [0.3, 0.4) is 0 Å². The third-order valence-corrected chi connectivity index (χ3v) is 3.58. The molecule has 1 heterocycles. The van der Waals surface area contributed by atoms with Crippen molar-refractivity contribution in [2.75, 3.05) is 11.4 Å². The number of carbonyl (C=O) groups excluding carboxylic acids is 2. The summed E-state index contributed by atoms with van der Waals surface area (Å²) < 4.78 is 10.2. The Hall–Kier alpha value is -2.08. The monoisotopic (exact) mass is 307 g/mol. The number of esters is 2. The summed E-state index contributed by atoms with van der Waals surface area (Å²) in [7, 11) is 0. The van der Waals surface area contributed by atoms with Gasteiger partial charge >= 0.3 is 11.9 Å². The van der Waals surface area contributed by atoms with Gasteiger partial charge in [0.1, 0.15) is 11.5 Å². The van der Waals surface area contributed by atoms with E-state index in [-0.39, 0.29) is 6.04 Å². The molecule has 0 aromatic heterocycles. The number of benzene rings is 1. The summed E-state index contributed by atoms with van der Waals surface area (Å²) in [6.45, 7) is 5.17. The van der Waals surface area contributed by atoms with Gasteiger partial charge in [-0.1, -0.05) is 0 Å². The predicted molar refractivity (Wildman–Crippen MR) is 81.1 cm³/mol. The number of ether oxygens (including phenoxy) is 2. The van der Waals surface area contributed by atoms with E-state index in [1.54, 1.807) is 19.1 Å². The summed E-state index contributed by atoms with van der Waals surface area (Å²) in [5, 5.41) is 9.90. The minimum absolute atomic E-state index is 0.00208. The van der Waals surface area contributed by atoms with Crippen LogP contribution < -0.4 is 14.4 Å². The van der Waals surface area contributed by atoms with Gasteiger partial charge in [-0.3, -0.25) is 9.59 Å². The molecular formula is C16H21NO5. The molecule has 0 bridgehead atoms. The van der Waals surface area contributed by atoms with Crippen LogP contribution in [0.15, 0.2) is 18.2 Å². The molecule has 0 saturated carbocycles. The molecule has 2 unspecified atom stereocenters. The molecule has 0 aliphatic carbocycles. The van der Waals surface area contributed by atoms with E-state index in [2.05, 4.69) is 0 Å². The molecule has 1 aliphatic heterocycles. The maximum absolute atomic E-state index is 11.2. The van der Waals surface area contributed by atoms with Crippen molar-refractivity contribution < 1.29 is 24.2 Å². The van der Waals surface area contributed by atoms with Crippen LogP contribution in [0.4, 0.5) is 5.69 Å². The van der Waals surface area contributed by atoms with Crippen LogP contribution in [0.25, 0.3) is 0 Å². The number of nitrogens with zero attached hydrogens (tertiary/aromatic N) is 1. The molecule has 1 saturated heterocycles. The molecule has 2 rings (SSSR count). The second-order valence-corrected chi connectivity index (χ2v) is 5.49. The Morgan fingerprint density at radius 2 is 1.73 bits per heavy atom. The van der Waals surface area contributed by atoms with Gasteiger partial charge < -0.3 is 19.5 Å². The first-order chi connectivity index (χ1) is 10.4. The third kappa shape index (κ3) is 3.98. The number of rotatable bonds is 4. The molecule has 22 heavy (non-hydrogen) atoms. The van der Waals surface area contributed by atoms with Gasteiger partial charge in [-0.05, 0) is 19.8 Å². The quantitative estimate of drug-likeness (QED) is 0.676. The Labute approximate surface area is 129 Å². The fraction of sp³-hybridized carbons (Fsp3) is 0.500. The predicted octanol–water partition coefficient (Wildman–Crippen LogP) is 1.89. The highest BCUT2D eigenvalue weighted by molar-refractivity contribution is 5.73. The molecule has 120 valence electrons. The van der Waals surface area contributed by atoms with Gasteiger partial charge in [0.15, 0.2) is 0 Å². The maximum Gasteiger partial charge on any atom is 0.308 e. The minimum atomic E-state index is -0.475. The van der Waals surface area contributed by atoms with Gasteiger partial charge in [-0.15, -0.1) is 0 Å². The van der Waals surface area contributed by atoms with E-state index in [0.29, 0.717) is 11.5 Å². The van der Waals surface area contributed by atoms with Crippen molar-refractivity contribution in [3.63, 3.8) is 0 Å². The van der Waals surface area contributed by atoms with Crippen molar-refractivity contribution in [3.05, 3.63) is 18.2 Å². The Balaban J connectivity index is 2.36. The number of aliphatic hydroxyl groups excluding tert-OH is 1. The molecule has 0 amide bonds. The lowest BCUT2D eigenvalue weighted by molar-refractivity contribution is -0.132. The van der Waals surface area contributed by atoms with Crippen molar-refractivity contribution >= 4 is 17.6 Å². The van der Waals surface area contributed by atoms with Gasteiger partial charge in [0.25, 0.3) is 0 Å². The van der Waals surface area contributed by atoms with Gasteiger partial charge in [-0.2, -0.15) is 0 Å². The second-order valence-electron chi connectivity index (χ2n) is 5.49. The first-order valence-electron chi connectivity index (χ1n) is 7.33. The van der Waals surface area contributed by atoms with E-state index in [9.17, 15) is 14.7 Å². The summed E-state index contributed by atoms with van der Waals surface area (Å²) in [5.74, 6) is -0.256. The zero-order chi connectivity index (χ0) is 16.3. The van der Waals surface area contributed by atoms with Crippen LogP contribution in [0.2, 0.25) is 0 Å². The molecule has 1 aromatic rings. The largest absolute Gasteiger partial charge is 0.427 e. The molecular weight excluding hydrogens is 286 g/mol. The smallest absolute Gasteiger partial charge is 0.308 e. The second kappa shape index (κ2) is 6.79. The van der Waals surface area contributed by atoms with Crippen LogP contribution in [0, 0.1) is 0 Å². The molecule has 1 N–H and O–H groups in total. The number of aliphatic hydroxyl groups is 1. The van der Waals surface area contributed by atoms with Crippen molar-refractivity contribution in [3.8, 4) is 11.5 Å². The molecule has 1 aromatic carbocycles. The SMILES string of the molecule is CC(=O)Oc1cc(OC(C)=O)cc(N2CCCC2C(C)O)c1. The average molecular weight is 307 g/mol. The maximum atomic E-state index is 11.2. The fourth-order valence-electron chi connectivity index (χ4n) is 2.79. The van der Waals surface area contributed by atoms with Crippen LogP contribution in [-0.2, 0) is 9.59 Å². The van der Waals surface area contributed by atoms with E-state index in [0.717, 1.165) is 25.1 Å². The van der Waals surface area contributed by atoms with Crippen LogP contribution in [0.1, 0.15) is 33.6 Å². The summed E-state index contributed by atoms with van der Waals surface area (Å²) in [4.78, 5) is 24.4. The lowest BCUT2D eigenvalue weighted by Gasteiger charge is -2.29. The molecule has 6 nitrogen and oxygen atoms in total. The van der Waals surface area contributed by atoms with Crippen LogP contribution in [0.5, 0.6) is 11.5 Å². The van der Waals surface area contributed by atoms with E-state index in [1.807, 2.05) is 4.90 Å². The number of carbonyl (C=O) groups is 2. The van der Waals surface area contributed by atoms with Crippen molar-refractivity contribution in [2.45, 2.75) is 45.8 Å². The number of hydrogen-bond donors (Lipinski definition) is 1. The Morgan fingerprint density at radius 1 is 1.18 bits per heavy atom. The van der Waals surface area contributed by atoms with Gasteiger partial charge in [0.05, 0.1) is 12.1 Å². The topological polar surface area (TPSA) is 76.1 Å². The highest BCUT2D eigenvalue weighted by Crippen LogP contribution is 2.34. The lowest BCUT2D eigenvalue weighted by atomic mass is 10.1. The van der Waals surface area contributed by atoms with Crippen LogP contribution in [-0.4, -0.2) is 35.7 Å². The van der Waals surface area contributed by atoms with E-state index >= 15 is 0 Å². The molecule has 1 fully saturated rings. The fourth-order valence-corrected chi connectivity index (χ4v) is 2.79. The van der Waals surface area contributed by atoms with Crippen molar-refractivity contribution in [1.82, 2.24) is 0 Å². The number of hydrogen-bond acceptors (Lipinski definition) is 6. The van der Waals surface area contributed by atoms with Gasteiger partial charge in [0.2, 0.25) is 0 Å². The summed E-state index contributed by atoms with van der Waals surface area (Å²) in [6.07, 6.45) is 1.38. The Kier molecular flexibility index (Phi) is 5.03. The van der Waals surface area contributed by atoms with Crippen molar-refractivity contribution in [1.29, 1.82) is 0 Å². The standard InChI is InChI=1S/C16H21NO5/c1-10(18)16-5-4-6-17(16)13-7-14(21-11(2)19)9-15(8-13)22-12(3)20/h7-10,16,18H,4-6H2,1-3H3. The van der Waals surface area contributed by atoms with E-state index < -0.39 is 18.0 Å². The average Bonchev–Trinajstić information content (AvgIpc) is 2.85. The summed E-state index contributed by atoms with van der Waals surface area (Å²) >= 11 is 0. The Bertz CT molecular complexity index is 535. The van der Waals surface area contributed by atoms with Crippen molar-refractivity contribution in [2.24, 2.45) is 0 Å². The highest BCUT2D eigenvalue weighted by atomic mass is 16.5. The first-order valence-corrected chi connectivity index (χ1v) is 7.33. The summed E-state index contributed by atoms with van der Waals surface area (Å²) in [6, 6.07) is 4.93. The third-order valence-electron chi connectivity index (χ3n) is 3.58. The van der Waals surface area contributed by atoms with E-state index in [1.165, 1.54) is 19.9 Å². The lowest BCUT2D eigenvalue weighted by Crippen LogP contribution is -2.37. The van der Waals surface area contributed by atoms with E-state index in [4.69, 9.17) is 9.47 Å². The zero-order valence-electron chi connectivity index (χ0n) is 13.0.